The number of carbonyl (C=O) groups excluding carboxylic acids is 1. The van der Waals surface area contributed by atoms with E-state index in [1.54, 1.807) is 0 Å². The summed E-state index contributed by atoms with van der Waals surface area (Å²) in [4.78, 5) is 9.90. The number of carbonyl (C=O) groups is 1. The van der Waals surface area contributed by atoms with Gasteiger partial charge < -0.3 is 30.3 Å². The normalized spacial score (nSPS) is 16.3. The third kappa shape index (κ3) is 7.09. The molecule has 0 heterocycles. The molecule has 5 N–H and O–H groups in total. The standard InChI is InChI=1S/C7H7Br.C6H12O6/c8-6-7-4-2-1-3-5-7;7-1-3(9)5(11)6(12)4(10)2-8/h1-5H,6H2;1,3-6,8-12H,2H2. The minimum absolute atomic E-state index is 0.0258. The average molecular weight is 351 g/mol. The first-order valence-corrected chi connectivity index (χ1v) is 6.98. The predicted molar refractivity (Wildman–Crippen MR) is 76.3 cm³/mol. The maximum absolute atomic E-state index is 9.90. The third-order valence-corrected chi connectivity index (χ3v) is 3.07. The fourth-order valence-corrected chi connectivity index (χ4v) is 1.56. The van der Waals surface area contributed by atoms with Gasteiger partial charge in [-0.2, -0.15) is 0 Å². The molecule has 0 aliphatic heterocycles. The van der Waals surface area contributed by atoms with Gasteiger partial charge in [-0.15, -0.1) is 0 Å². The highest BCUT2D eigenvalue weighted by molar-refractivity contribution is 9.08. The van der Waals surface area contributed by atoms with Crippen LogP contribution in [-0.2, 0) is 10.1 Å². The lowest BCUT2D eigenvalue weighted by Gasteiger charge is -2.22. The number of aldehydes is 1. The van der Waals surface area contributed by atoms with Gasteiger partial charge in [0, 0.05) is 5.33 Å². The molecule has 114 valence electrons. The lowest BCUT2D eigenvalue weighted by Crippen LogP contribution is -2.46. The Kier molecular flexibility index (Phi) is 10.4. The minimum Gasteiger partial charge on any atom is -0.394 e. The van der Waals surface area contributed by atoms with E-state index in [0.717, 1.165) is 5.33 Å². The summed E-state index contributed by atoms with van der Waals surface area (Å²) in [6.45, 7) is -0.760. The molecule has 20 heavy (non-hydrogen) atoms. The van der Waals surface area contributed by atoms with E-state index >= 15 is 0 Å². The van der Waals surface area contributed by atoms with Crippen LogP contribution >= 0.6 is 15.9 Å². The minimum atomic E-state index is -1.79. The van der Waals surface area contributed by atoms with Crippen LogP contribution in [0.25, 0.3) is 0 Å². The highest BCUT2D eigenvalue weighted by Gasteiger charge is 2.29. The molecule has 0 amide bonds. The number of hydrogen-bond acceptors (Lipinski definition) is 6. The Morgan fingerprint density at radius 3 is 1.95 bits per heavy atom. The highest BCUT2D eigenvalue weighted by atomic mass is 79.9. The van der Waals surface area contributed by atoms with E-state index in [9.17, 15) is 4.79 Å². The largest absolute Gasteiger partial charge is 0.394 e. The Balaban J connectivity index is 0.000000388. The molecule has 1 aromatic rings. The van der Waals surface area contributed by atoms with Crippen LogP contribution in [0.4, 0.5) is 0 Å². The number of aliphatic hydroxyl groups is 5. The highest BCUT2D eigenvalue weighted by Crippen LogP contribution is 2.03. The SMILES string of the molecule is BrCc1ccccc1.O=CC(O)C(O)C(O)C(O)CO. The number of rotatable bonds is 6. The molecule has 0 aliphatic carbocycles. The molecule has 0 bridgehead atoms. The summed E-state index contributed by atoms with van der Waals surface area (Å²) < 4.78 is 0. The Morgan fingerprint density at radius 2 is 1.60 bits per heavy atom. The molecule has 0 aromatic heterocycles. The molecule has 0 fully saturated rings. The molecule has 6 nitrogen and oxygen atoms in total. The lowest BCUT2D eigenvalue weighted by atomic mass is 10.0. The van der Waals surface area contributed by atoms with Crippen LogP contribution < -0.4 is 0 Å². The van der Waals surface area contributed by atoms with Crippen molar-refractivity contribution in [3.8, 4) is 0 Å². The quantitative estimate of drug-likeness (QED) is 0.338. The van der Waals surface area contributed by atoms with Gasteiger partial charge in [0.15, 0.2) is 6.29 Å². The molecule has 0 saturated carbocycles. The zero-order chi connectivity index (χ0) is 15.5. The molecule has 1 rings (SSSR count). The third-order valence-electron chi connectivity index (χ3n) is 2.42. The van der Waals surface area contributed by atoms with Crippen molar-refractivity contribution in [3.63, 3.8) is 0 Å². The Hall–Kier alpha value is -0.830. The van der Waals surface area contributed by atoms with Crippen molar-refractivity contribution in [3.05, 3.63) is 35.9 Å². The van der Waals surface area contributed by atoms with Gasteiger partial charge in [-0.25, -0.2) is 0 Å². The molecular formula is C13H19BrO6. The summed E-state index contributed by atoms with van der Waals surface area (Å²) in [5.74, 6) is 0. The van der Waals surface area contributed by atoms with Gasteiger partial charge >= 0.3 is 0 Å². The second-order valence-corrected chi connectivity index (χ2v) is 4.54. The molecule has 1 aromatic carbocycles. The monoisotopic (exact) mass is 350 g/mol. The van der Waals surface area contributed by atoms with Gasteiger partial charge in [-0.1, -0.05) is 46.3 Å². The summed E-state index contributed by atoms with van der Waals surface area (Å²) in [6, 6.07) is 10.3. The lowest BCUT2D eigenvalue weighted by molar-refractivity contribution is -0.136. The van der Waals surface area contributed by atoms with Gasteiger partial charge in [0.05, 0.1) is 6.61 Å². The molecule has 4 unspecified atom stereocenters. The van der Waals surface area contributed by atoms with Crippen LogP contribution in [0.3, 0.4) is 0 Å². The van der Waals surface area contributed by atoms with E-state index in [1.165, 1.54) is 5.56 Å². The van der Waals surface area contributed by atoms with E-state index in [0.29, 0.717) is 0 Å². The van der Waals surface area contributed by atoms with Gasteiger partial charge in [0.1, 0.15) is 24.4 Å². The second kappa shape index (κ2) is 10.9. The van der Waals surface area contributed by atoms with E-state index in [-0.39, 0.29) is 6.29 Å². The number of aliphatic hydroxyl groups excluding tert-OH is 5. The summed E-state index contributed by atoms with van der Waals surface area (Å²) in [5, 5.41) is 44.5. The van der Waals surface area contributed by atoms with Crippen molar-refractivity contribution in [1.29, 1.82) is 0 Å². The number of benzene rings is 1. The Bertz CT molecular complexity index is 361. The van der Waals surface area contributed by atoms with Crippen molar-refractivity contribution in [1.82, 2.24) is 0 Å². The molecular weight excluding hydrogens is 332 g/mol. The van der Waals surface area contributed by atoms with Gasteiger partial charge in [-0.05, 0) is 5.56 Å². The van der Waals surface area contributed by atoms with Crippen molar-refractivity contribution < 1.29 is 30.3 Å². The average Bonchev–Trinajstić information content (AvgIpc) is 2.53. The molecule has 0 saturated heterocycles. The fraction of sp³-hybridized carbons (Fsp3) is 0.462. The summed E-state index contributed by atoms with van der Waals surface area (Å²) in [7, 11) is 0. The zero-order valence-corrected chi connectivity index (χ0v) is 12.3. The number of hydrogen-bond donors (Lipinski definition) is 5. The van der Waals surface area contributed by atoms with Crippen molar-refractivity contribution >= 4 is 22.2 Å². The van der Waals surface area contributed by atoms with Crippen molar-refractivity contribution in [2.45, 2.75) is 29.7 Å². The topological polar surface area (TPSA) is 118 Å². The number of halogens is 1. The van der Waals surface area contributed by atoms with Crippen LogP contribution in [0, 0.1) is 0 Å². The van der Waals surface area contributed by atoms with E-state index in [2.05, 4.69) is 28.1 Å². The van der Waals surface area contributed by atoms with Crippen LogP contribution in [0.2, 0.25) is 0 Å². The first kappa shape index (κ1) is 19.2. The van der Waals surface area contributed by atoms with E-state index < -0.39 is 31.0 Å². The molecule has 7 heteroatoms. The maximum atomic E-state index is 9.90. The summed E-state index contributed by atoms with van der Waals surface area (Å²) in [6.07, 6.45) is -6.84. The molecule has 0 radical (unpaired) electrons. The first-order valence-electron chi connectivity index (χ1n) is 5.86. The Labute approximate surface area is 125 Å². The Morgan fingerprint density at radius 1 is 1.05 bits per heavy atom. The van der Waals surface area contributed by atoms with Gasteiger partial charge in [0.2, 0.25) is 0 Å². The van der Waals surface area contributed by atoms with Crippen molar-refractivity contribution in [2.24, 2.45) is 0 Å². The van der Waals surface area contributed by atoms with E-state index in [4.69, 9.17) is 25.5 Å². The molecule has 0 spiro atoms. The van der Waals surface area contributed by atoms with Crippen molar-refractivity contribution in [2.75, 3.05) is 6.61 Å². The predicted octanol–water partition coefficient (Wildman–Crippen LogP) is -0.797. The maximum Gasteiger partial charge on any atom is 0.151 e. The smallest absolute Gasteiger partial charge is 0.151 e. The van der Waals surface area contributed by atoms with Crippen LogP contribution in [-0.4, -0.2) is 62.8 Å². The summed E-state index contributed by atoms with van der Waals surface area (Å²) >= 11 is 3.36. The first-order chi connectivity index (χ1) is 9.47. The molecule has 0 aliphatic rings. The van der Waals surface area contributed by atoms with E-state index in [1.807, 2.05) is 18.2 Å². The molecule has 4 atom stereocenters. The number of alkyl halides is 1. The summed E-state index contributed by atoms with van der Waals surface area (Å²) in [5.41, 5.74) is 1.33. The second-order valence-electron chi connectivity index (χ2n) is 3.98. The van der Waals surface area contributed by atoms with Crippen LogP contribution in [0.1, 0.15) is 5.56 Å². The fourth-order valence-electron chi connectivity index (χ4n) is 1.19. The van der Waals surface area contributed by atoms with Crippen LogP contribution in [0.5, 0.6) is 0 Å². The van der Waals surface area contributed by atoms with Gasteiger partial charge in [-0.3, -0.25) is 0 Å². The van der Waals surface area contributed by atoms with Crippen LogP contribution in [0.15, 0.2) is 30.3 Å². The van der Waals surface area contributed by atoms with Gasteiger partial charge in [0.25, 0.3) is 0 Å². The zero-order valence-electron chi connectivity index (χ0n) is 10.7.